The normalized spacial score (nSPS) is 18.6. The molecule has 1 rings (SSSR count). The van der Waals surface area contributed by atoms with Gasteiger partial charge in [0.15, 0.2) is 0 Å². The number of ether oxygens (including phenoxy) is 1. The van der Waals surface area contributed by atoms with Crippen molar-refractivity contribution < 1.29 is 9.53 Å². The lowest BCUT2D eigenvalue weighted by Crippen LogP contribution is -2.36. The molecule has 106 valence electrons. The van der Waals surface area contributed by atoms with Crippen LogP contribution < -0.4 is 5.32 Å². The molecule has 0 aromatic rings. The molecule has 18 heavy (non-hydrogen) atoms. The van der Waals surface area contributed by atoms with E-state index in [1.54, 1.807) is 0 Å². The van der Waals surface area contributed by atoms with Gasteiger partial charge in [-0.1, -0.05) is 39.0 Å². The van der Waals surface area contributed by atoms with Crippen molar-refractivity contribution in [3.8, 4) is 0 Å². The molecule has 0 radical (unpaired) electrons. The van der Waals surface area contributed by atoms with Crippen molar-refractivity contribution in [1.82, 2.24) is 5.32 Å². The van der Waals surface area contributed by atoms with Gasteiger partial charge in [0.25, 0.3) is 0 Å². The van der Waals surface area contributed by atoms with Gasteiger partial charge in [-0.25, -0.2) is 0 Å². The zero-order valence-corrected chi connectivity index (χ0v) is 12.0. The standard InChI is InChI=1S/C15H29NO2/c1-3-14(18-4-2)15(17)16-12-8-11-13-9-6-5-7-10-13/h13-14H,3-12H2,1-2H3,(H,16,17). The molecule has 0 heterocycles. The zero-order valence-electron chi connectivity index (χ0n) is 12.0. The highest BCUT2D eigenvalue weighted by molar-refractivity contribution is 5.80. The summed E-state index contributed by atoms with van der Waals surface area (Å²) in [5.74, 6) is 0.965. The van der Waals surface area contributed by atoms with Crippen molar-refractivity contribution in [2.24, 2.45) is 5.92 Å². The predicted molar refractivity (Wildman–Crippen MR) is 74.5 cm³/mol. The van der Waals surface area contributed by atoms with Crippen molar-refractivity contribution in [1.29, 1.82) is 0 Å². The van der Waals surface area contributed by atoms with Crippen LogP contribution in [-0.2, 0) is 9.53 Å². The van der Waals surface area contributed by atoms with Crippen LogP contribution in [0.15, 0.2) is 0 Å². The maximum Gasteiger partial charge on any atom is 0.249 e. The van der Waals surface area contributed by atoms with Crippen LogP contribution in [0, 0.1) is 5.92 Å². The number of amides is 1. The summed E-state index contributed by atoms with van der Waals surface area (Å²) in [6.07, 6.45) is 9.88. The van der Waals surface area contributed by atoms with E-state index in [1.807, 2.05) is 13.8 Å². The highest BCUT2D eigenvalue weighted by Gasteiger charge is 2.16. The van der Waals surface area contributed by atoms with Crippen LogP contribution in [-0.4, -0.2) is 25.2 Å². The van der Waals surface area contributed by atoms with Crippen molar-refractivity contribution in [3.63, 3.8) is 0 Å². The van der Waals surface area contributed by atoms with Crippen LogP contribution >= 0.6 is 0 Å². The third kappa shape index (κ3) is 5.85. The van der Waals surface area contributed by atoms with Crippen molar-refractivity contribution in [3.05, 3.63) is 0 Å². The molecule has 0 aromatic heterocycles. The van der Waals surface area contributed by atoms with E-state index in [9.17, 15) is 4.79 Å². The lowest BCUT2D eigenvalue weighted by Gasteiger charge is -2.21. The van der Waals surface area contributed by atoms with Gasteiger partial charge >= 0.3 is 0 Å². The maximum atomic E-state index is 11.8. The van der Waals surface area contributed by atoms with E-state index in [2.05, 4.69) is 5.32 Å². The summed E-state index contributed by atoms with van der Waals surface area (Å²) in [5.41, 5.74) is 0. The zero-order chi connectivity index (χ0) is 13.2. The first-order valence-electron chi connectivity index (χ1n) is 7.67. The number of hydrogen-bond acceptors (Lipinski definition) is 2. The molecule has 1 amide bonds. The van der Waals surface area contributed by atoms with Crippen LogP contribution in [0.5, 0.6) is 0 Å². The highest BCUT2D eigenvalue weighted by Crippen LogP contribution is 2.26. The molecule has 3 nitrogen and oxygen atoms in total. The fraction of sp³-hybridized carbons (Fsp3) is 0.933. The molecule has 0 bridgehead atoms. The molecule has 0 aromatic carbocycles. The van der Waals surface area contributed by atoms with Gasteiger partial charge in [0.1, 0.15) is 6.10 Å². The number of nitrogens with one attached hydrogen (secondary N) is 1. The second-order valence-electron chi connectivity index (χ2n) is 5.29. The second kappa shape index (κ2) is 9.37. The highest BCUT2D eigenvalue weighted by atomic mass is 16.5. The van der Waals surface area contributed by atoms with Gasteiger partial charge < -0.3 is 10.1 Å². The molecule has 1 fully saturated rings. The molecule has 1 saturated carbocycles. The Morgan fingerprint density at radius 1 is 1.28 bits per heavy atom. The first-order chi connectivity index (χ1) is 8.77. The van der Waals surface area contributed by atoms with Crippen molar-refractivity contribution in [2.75, 3.05) is 13.2 Å². The first-order valence-corrected chi connectivity index (χ1v) is 7.67. The third-order valence-electron chi connectivity index (χ3n) is 3.84. The van der Waals surface area contributed by atoms with Gasteiger partial charge in [-0.15, -0.1) is 0 Å². The fourth-order valence-corrected chi connectivity index (χ4v) is 2.77. The Morgan fingerprint density at radius 3 is 2.61 bits per heavy atom. The van der Waals surface area contributed by atoms with Crippen LogP contribution in [0.25, 0.3) is 0 Å². The topological polar surface area (TPSA) is 38.3 Å². The Labute approximate surface area is 112 Å². The monoisotopic (exact) mass is 255 g/mol. The molecule has 1 unspecified atom stereocenters. The SMILES string of the molecule is CCOC(CC)C(=O)NCCCC1CCCCC1. The molecule has 3 heteroatoms. The van der Waals surface area contributed by atoms with Gasteiger partial charge in [0.2, 0.25) is 5.91 Å². The van der Waals surface area contributed by atoms with E-state index in [0.29, 0.717) is 6.61 Å². The van der Waals surface area contributed by atoms with Crippen LogP contribution in [0.3, 0.4) is 0 Å². The average Bonchev–Trinajstić information content (AvgIpc) is 2.42. The van der Waals surface area contributed by atoms with E-state index in [1.165, 1.54) is 38.5 Å². The molecule has 1 aliphatic carbocycles. The summed E-state index contributed by atoms with van der Waals surface area (Å²) >= 11 is 0. The van der Waals surface area contributed by atoms with Crippen LogP contribution in [0.2, 0.25) is 0 Å². The summed E-state index contributed by atoms with van der Waals surface area (Å²) in [4.78, 5) is 11.8. The quantitative estimate of drug-likeness (QED) is 0.676. The van der Waals surface area contributed by atoms with Gasteiger partial charge in [0, 0.05) is 13.2 Å². The average molecular weight is 255 g/mol. The summed E-state index contributed by atoms with van der Waals surface area (Å²) in [6, 6.07) is 0. The van der Waals surface area contributed by atoms with Crippen LogP contribution in [0.1, 0.15) is 65.2 Å². The molecular weight excluding hydrogens is 226 g/mol. The Bertz CT molecular complexity index is 225. The smallest absolute Gasteiger partial charge is 0.249 e. The molecule has 0 aliphatic heterocycles. The summed E-state index contributed by atoms with van der Waals surface area (Å²) < 4.78 is 5.39. The first kappa shape index (κ1) is 15.5. The van der Waals surface area contributed by atoms with Gasteiger partial charge in [-0.3, -0.25) is 4.79 Å². The fourth-order valence-electron chi connectivity index (χ4n) is 2.77. The second-order valence-corrected chi connectivity index (χ2v) is 5.29. The van der Waals surface area contributed by atoms with E-state index < -0.39 is 0 Å². The predicted octanol–water partition coefficient (Wildman–Crippen LogP) is 3.28. The minimum atomic E-state index is -0.260. The Kier molecular flexibility index (Phi) is 8.06. The molecule has 1 aliphatic rings. The molecule has 0 spiro atoms. The van der Waals surface area contributed by atoms with Crippen molar-refractivity contribution in [2.45, 2.75) is 71.3 Å². The minimum absolute atomic E-state index is 0.0583. The van der Waals surface area contributed by atoms with E-state index in [4.69, 9.17) is 4.74 Å². The summed E-state index contributed by atoms with van der Waals surface area (Å²) in [5, 5.41) is 2.99. The minimum Gasteiger partial charge on any atom is -0.369 e. The Hall–Kier alpha value is -0.570. The summed E-state index contributed by atoms with van der Waals surface area (Å²) in [6.45, 7) is 5.33. The summed E-state index contributed by atoms with van der Waals surface area (Å²) in [7, 11) is 0. The van der Waals surface area contributed by atoms with Crippen LogP contribution in [0.4, 0.5) is 0 Å². The van der Waals surface area contributed by atoms with E-state index in [-0.39, 0.29) is 12.0 Å². The molecule has 1 atom stereocenters. The molecular formula is C15H29NO2. The van der Waals surface area contributed by atoms with Gasteiger partial charge in [-0.05, 0) is 32.1 Å². The molecule has 0 saturated heterocycles. The maximum absolute atomic E-state index is 11.8. The largest absolute Gasteiger partial charge is 0.369 e. The van der Waals surface area contributed by atoms with E-state index in [0.717, 1.165) is 25.3 Å². The lowest BCUT2D eigenvalue weighted by atomic mass is 9.86. The van der Waals surface area contributed by atoms with Gasteiger partial charge in [0.05, 0.1) is 0 Å². The lowest BCUT2D eigenvalue weighted by molar-refractivity contribution is -0.132. The third-order valence-corrected chi connectivity index (χ3v) is 3.84. The van der Waals surface area contributed by atoms with E-state index >= 15 is 0 Å². The van der Waals surface area contributed by atoms with Crippen molar-refractivity contribution >= 4 is 5.91 Å². The number of hydrogen-bond donors (Lipinski definition) is 1. The number of carbonyl (C=O) groups is 1. The van der Waals surface area contributed by atoms with Gasteiger partial charge in [-0.2, -0.15) is 0 Å². The molecule has 1 N–H and O–H groups in total. The number of carbonyl (C=O) groups excluding carboxylic acids is 1. The Balaban J connectivity index is 2.07. The Morgan fingerprint density at radius 2 is 2.00 bits per heavy atom. The number of rotatable bonds is 8.